The minimum atomic E-state index is 0.609. The fraction of sp³-hybridized carbons (Fsp3) is 0.200. The zero-order valence-electron chi connectivity index (χ0n) is 10.7. The minimum absolute atomic E-state index is 0.609. The number of benzene rings is 2. The van der Waals surface area contributed by atoms with Crippen molar-refractivity contribution in [2.45, 2.75) is 13.1 Å². The Morgan fingerprint density at radius 2 is 1.53 bits per heavy atom. The maximum absolute atomic E-state index is 6.02. The van der Waals surface area contributed by atoms with E-state index in [1.165, 1.54) is 5.56 Å². The monoisotopic (exact) mass is 294 g/mol. The summed E-state index contributed by atoms with van der Waals surface area (Å²) in [6.07, 6.45) is 0. The van der Waals surface area contributed by atoms with E-state index in [0.717, 1.165) is 23.7 Å². The number of halogens is 2. The van der Waals surface area contributed by atoms with Gasteiger partial charge in [0.1, 0.15) is 0 Å². The van der Waals surface area contributed by atoms with Crippen molar-refractivity contribution in [2.75, 3.05) is 12.8 Å². The lowest BCUT2D eigenvalue weighted by atomic mass is 10.1. The fourth-order valence-corrected chi connectivity index (χ4v) is 2.27. The number of rotatable bonds is 4. The summed E-state index contributed by atoms with van der Waals surface area (Å²) in [6.45, 7) is 1.68. The van der Waals surface area contributed by atoms with E-state index >= 15 is 0 Å². The lowest BCUT2D eigenvalue weighted by Gasteiger charge is -2.17. The van der Waals surface area contributed by atoms with Gasteiger partial charge in [-0.15, -0.1) is 0 Å². The molecular formula is C15H16Cl2N2. The molecule has 19 heavy (non-hydrogen) atoms. The highest BCUT2D eigenvalue weighted by Gasteiger charge is 2.04. The molecule has 0 saturated carbocycles. The van der Waals surface area contributed by atoms with Crippen LogP contribution in [0.5, 0.6) is 0 Å². The third kappa shape index (κ3) is 4.13. The molecule has 0 spiro atoms. The summed E-state index contributed by atoms with van der Waals surface area (Å²) < 4.78 is 0. The smallest absolute Gasteiger partial charge is 0.0638 e. The summed E-state index contributed by atoms with van der Waals surface area (Å²) in [4.78, 5) is 2.21. The summed E-state index contributed by atoms with van der Waals surface area (Å²) in [6, 6.07) is 13.6. The third-order valence-electron chi connectivity index (χ3n) is 2.88. The van der Waals surface area contributed by atoms with Crippen molar-refractivity contribution >= 4 is 28.9 Å². The first-order chi connectivity index (χ1) is 9.04. The molecule has 0 aliphatic heterocycles. The normalized spacial score (nSPS) is 10.9. The highest BCUT2D eigenvalue weighted by molar-refractivity contribution is 6.33. The third-order valence-corrected chi connectivity index (χ3v) is 3.46. The van der Waals surface area contributed by atoms with Crippen LogP contribution in [0, 0.1) is 0 Å². The molecule has 0 atom stereocenters. The molecule has 0 aliphatic rings. The summed E-state index contributed by atoms with van der Waals surface area (Å²) in [7, 11) is 2.07. The first-order valence-electron chi connectivity index (χ1n) is 6.01. The zero-order chi connectivity index (χ0) is 13.8. The number of nitrogen functional groups attached to an aromatic ring is 1. The van der Waals surface area contributed by atoms with Gasteiger partial charge in [-0.25, -0.2) is 0 Å². The van der Waals surface area contributed by atoms with Gasteiger partial charge in [0.15, 0.2) is 0 Å². The van der Waals surface area contributed by atoms with Gasteiger partial charge in [0.2, 0.25) is 0 Å². The molecule has 0 fully saturated rings. The highest BCUT2D eigenvalue weighted by atomic mass is 35.5. The van der Waals surface area contributed by atoms with E-state index in [-0.39, 0.29) is 0 Å². The van der Waals surface area contributed by atoms with Crippen LogP contribution in [0.25, 0.3) is 0 Å². The molecule has 2 N–H and O–H groups in total. The van der Waals surface area contributed by atoms with Gasteiger partial charge in [-0.1, -0.05) is 41.4 Å². The van der Waals surface area contributed by atoms with Crippen LogP contribution >= 0.6 is 23.2 Å². The van der Waals surface area contributed by atoms with Crippen molar-refractivity contribution in [3.8, 4) is 0 Å². The molecule has 2 aromatic rings. The van der Waals surface area contributed by atoms with Gasteiger partial charge < -0.3 is 5.73 Å². The van der Waals surface area contributed by atoms with Crippen LogP contribution in [0.2, 0.25) is 10.0 Å². The second-order valence-electron chi connectivity index (χ2n) is 4.65. The largest absolute Gasteiger partial charge is 0.398 e. The number of hydrogen-bond donors (Lipinski definition) is 1. The molecule has 100 valence electrons. The summed E-state index contributed by atoms with van der Waals surface area (Å²) >= 11 is 11.9. The molecule has 0 aliphatic carbocycles. The van der Waals surface area contributed by atoms with Crippen LogP contribution in [-0.2, 0) is 13.1 Å². The van der Waals surface area contributed by atoms with Crippen molar-refractivity contribution in [2.24, 2.45) is 0 Å². The van der Waals surface area contributed by atoms with Crippen LogP contribution in [0.15, 0.2) is 42.5 Å². The predicted octanol–water partition coefficient (Wildman–Crippen LogP) is 4.21. The summed E-state index contributed by atoms with van der Waals surface area (Å²) in [5.41, 5.74) is 8.69. The van der Waals surface area contributed by atoms with Crippen molar-refractivity contribution in [1.82, 2.24) is 4.90 Å². The van der Waals surface area contributed by atoms with Gasteiger partial charge in [-0.3, -0.25) is 4.90 Å². The lowest BCUT2D eigenvalue weighted by molar-refractivity contribution is 0.319. The average Bonchev–Trinajstić information content (AvgIpc) is 2.37. The van der Waals surface area contributed by atoms with E-state index in [2.05, 4.69) is 11.9 Å². The Hall–Kier alpha value is -1.22. The Morgan fingerprint density at radius 1 is 0.947 bits per heavy atom. The molecule has 0 amide bonds. The first-order valence-corrected chi connectivity index (χ1v) is 6.77. The van der Waals surface area contributed by atoms with Crippen LogP contribution in [0.4, 0.5) is 5.69 Å². The maximum atomic E-state index is 6.02. The lowest BCUT2D eigenvalue weighted by Crippen LogP contribution is -2.17. The van der Waals surface area contributed by atoms with E-state index in [4.69, 9.17) is 28.9 Å². The molecule has 2 nitrogen and oxygen atoms in total. The molecule has 2 rings (SSSR count). The Balaban J connectivity index is 1.98. The maximum Gasteiger partial charge on any atom is 0.0638 e. The molecule has 0 heterocycles. The number of nitrogens with zero attached hydrogens (tertiary/aromatic N) is 1. The summed E-state index contributed by atoms with van der Waals surface area (Å²) in [5.74, 6) is 0. The van der Waals surface area contributed by atoms with Gasteiger partial charge in [-0.05, 0) is 42.4 Å². The summed E-state index contributed by atoms with van der Waals surface area (Å²) in [5, 5.41) is 1.37. The molecule has 4 heteroatoms. The first kappa shape index (κ1) is 14.2. The standard InChI is InChI=1S/C15H16Cl2N2/c1-19(9-11-2-5-13(16)6-3-11)10-12-4-7-15(18)14(17)8-12/h2-8H,9-10,18H2,1H3. The topological polar surface area (TPSA) is 29.3 Å². The molecule has 0 bridgehead atoms. The van der Waals surface area contributed by atoms with Gasteiger partial charge in [0.05, 0.1) is 10.7 Å². The van der Waals surface area contributed by atoms with Gasteiger partial charge in [-0.2, -0.15) is 0 Å². The van der Waals surface area contributed by atoms with Crippen molar-refractivity contribution in [1.29, 1.82) is 0 Å². The molecule has 0 unspecified atom stereocenters. The van der Waals surface area contributed by atoms with Crippen molar-refractivity contribution in [3.05, 3.63) is 63.6 Å². The molecule has 0 saturated heterocycles. The Bertz CT molecular complexity index is 553. The van der Waals surface area contributed by atoms with Crippen LogP contribution < -0.4 is 5.73 Å². The van der Waals surface area contributed by atoms with E-state index < -0.39 is 0 Å². The van der Waals surface area contributed by atoms with E-state index in [9.17, 15) is 0 Å². The van der Waals surface area contributed by atoms with Crippen LogP contribution in [0.3, 0.4) is 0 Å². The number of nitrogens with two attached hydrogens (primary N) is 1. The van der Waals surface area contributed by atoms with Crippen LogP contribution in [-0.4, -0.2) is 11.9 Å². The minimum Gasteiger partial charge on any atom is -0.398 e. The second-order valence-corrected chi connectivity index (χ2v) is 5.50. The predicted molar refractivity (Wildman–Crippen MR) is 82.5 cm³/mol. The zero-order valence-corrected chi connectivity index (χ0v) is 12.2. The van der Waals surface area contributed by atoms with Gasteiger partial charge >= 0.3 is 0 Å². The quantitative estimate of drug-likeness (QED) is 0.856. The number of anilines is 1. The van der Waals surface area contributed by atoms with Crippen LogP contribution in [0.1, 0.15) is 11.1 Å². The average molecular weight is 295 g/mol. The Kier molecular flexibility index (Phi) is 4.70. The highest BCUT2D eigenvalue weighted by Crippen LogP contribution is 2.20. The Labute approximate surface area is 123 Å². The van der Waals surface area contributed by atoms with E-state index in [0.29, 0.717) is 10.7 Å². The molecule has 0 aromatic heterocycles. The number of hydrogen-bond acceptors (Lipinski definition) is 2. The van der Waals surface area contributed by atoms with E-state index in [1.807, 2.05) is 42.5 Å². The van der Waals surface area contributed by atoms with Crippen molar-refractivity contribution in [3.63, 3.8) is 0 Å². The second kappa shape index (κ2) is 6.29. The SMILES string of the molecule is CN(Cc1ccc(Cl)cc1)Cc1ccc(N)c(Cl)c1. The van der Waals surface area contributed by atoms with Gasteiger partial charge in [0.25, 0.3) is 0 Å². The molecule has 2 aromatic carbocycles. The van der Waals surface area contributed by atoms with E-state index in [1.54, 1.807) is 0 Å². The molecular weight excluding hydrogens is 279 g/mol. The van der Waals surface area contributed by atoms with Crippen molar-refractivity contribution < 1.29 is 0 Å². The molecule has 0 radical (unpaired) electrons. The van der Waals surface area contributed by atoms with Gasteiger partial charge in [0, 0.05) is 18.1 Å². The fourth-order valence-electron chi connectivity index (χ4n) is 1.94. The Morgan fingerprint density at radius 3 is 2.16 bits per heavy atom.